The molecule has 8 heteroatoms. The fraction of sp³-hybridized carbons (Fsp3) is 0.200. The van der Waals surface area contributed by atoms with Gasteiger partial charge in [0.15, 0.2) is 12.3 Å². The minimum absolute atomic E-state index is 0.000736. The highest BCUT2D eigenvalue weighted by Gasteiger charge is 2.19. The Kier molecular flexibility index (Phi) is 6.06. The Morgan fingerprint density at radius 2 is 1.89 bits per heavy atom. The maximum atomic E-state index is 12.5. The third kappa shape index (κ3) is 4.37. The molecule has 0 fully saturated rings. The number of ether oxygens (including phenoxy) is 1. The van der Waals surface area contributed by atoms with Gasteiger partial charge >= 0.3 is 5.97 Å². The minimum atomic E-state index is -0.776. The van der Waals surface area contributed by atoms with Crippen molar-refractivity contribution in [1.82, 2.24) is 9.78 Å². The molecule has 0 saturated heterocycles. The molecule has 144 valence electrons. The lowest BCUT2D eigenvalue weighted by Gasteiger charge is -2.10. The van der Waals surface area contributed by atoms with Crippen LogP contribution < -0.4 is 10.9 Å². The molecule has 0 bridgehead atoms. The number of benzene rings is 2. The van der Waals surface area contributed by atoms with Gasteiger partial charge in [-0.15, -0.1) is 0 Å². The van der Waals surface area contributed by atoms with Gasteiger partial charge in [0.1, 0.15) is 0 Å². The van der Waals surface area contributed by atoms with Crippen molar-refractivity contribution in [2.75, 3.05) is 11.9 Å². The normalized spacial score (nSPS) is 10.6. The summed E-state index contributed by atoms with van der Waals surface area (Å²) >= 11 is 5.87. The van der Waals surface area contributed by atoms with Crippen LogP contribution in [0.5, 0.6) is 0 Å². The van der Waals surface area contributed by atoms with E-state index in [0.717, 1.165) is 0 Å². The standard InChI is InChI=1S/C20H18ClN3O4/c1-2-10-24-19(26)16-9-4-3-8-15(16)18(23-24)20(27)28-12-17(25)22-14-7-5-6-13(21)11-14/h3-9,11H,2,10,12H2,1H3,(H,22,25). The summed E-state index contributed by atoms with van der Waals surface area (Å²) in [6.45, 7) is 1.79. The van der Waals surface area contributed by atoms with Gasteiger partial charge in [0.2, 0.25) is 0 Å². The van der Waals surface area contributed by atoms with E-state index >= 15 is 0 Å². The molecule has 0 saturated carbocycles. The number of carbonyl (C=O) groups is 2. The predicted molar refractivity (Wildman–Crippen MR) is 107 cm³/mol. The lowest BCUT2D eigenvalue weighted by molar-refractivity contribution is -0.119. The lowest BCUT2D eigenvalue weighted by atomic mass is 10.1. The van der Waals surface area contributed by atoms with Gasteiger partial charge in [-0.25, -0.2) is 9.48 Å². The molecular weight excluding hydrogens is 382 g/mol. The predicted octanol–water partition coefficient (Wildman–Crippen LogP) is 3.26. The Morgan fingerprint density at radius 3 is 2.61 bits per heavy atom. The van der Waals surface area contributed by atoms with Gasteiger partial charge in [0.25, 0.3) is 11.5 Å². The quantitative estimate of drug-likeness (QED) is 0.642. The van der Waals surface area contributed by atoms with Crippen molar-refractivity contribution in [1.29, 1.82) is 0 Å². The topological polar surface area (TPSA) is 90.3 Å². The molecule has 1 amide bonds. The van der Waals surface area contributed by atoms with Crippen molar-refractivity contribution in [3.63, 3.8) is 0 Å². The van der Waals surface area contributed by atoms with Crippen LogP contribution in [0.15, 0.2) is 53.3 Å². The van der Waals surface area contributed by atoms with E-state index in [1.807, 2.05) is 6.92 Å². The Labute approximate surface area is 165 Å². The smallest absolute Gasteiger partial charge is 0.359 e. The van der Waals surface area contributed by atoms with Gasteiger partial charge in [0, 0.05) is 22.6 Å². The van der Waals surface area contributed by atoms with E-state index < -0.39 is 18.5 Å². The Balaban J connectivity index is 1.78. The van der Waals surface area contributed by atoms with Crippen molar-refractivity contribution in [3.05, 3.63) is 69.6 Å². The van der Waals surface area contributed by atoms with Gasteiger partial charge in [-0.3, -0.25) is 9.59 Å². The highest BCUT2D eigenvalue weighted by molar-refractivity contribution is 6.30. The maximum Gasteiger partial charge on any atom is 0.359 e. The second-order valence-electron chi connectivity index (χ2n) is 6.06. The van der Waals surface area contributed by atoms with Gasteiger partial charge in [-0.05, 0) is 30.7 Å². The second-order valence-corrected chi connectivity index (χ2v) is 6.49. The molecule has 0 unspecified atom stereocenters. The third-order valence-electron chi connectivity index (χ3n) is 3.94. The van der Waals surface area contributed by atoms with Crippen LogP contribution in [0.4, 0.5) is 5.69 Å². The summed E-state index contributed by atoms with van der Waals surface area (Å²) in [5.41, 5.74) is 0.223. The molecule has 1 aromatic heterocycles. The number of halogens is 1. The number of carbonyl (C=O) groups excluding carboxylic acids is 2. The number of nitrogens with zero attached hydrogens (tertiary/aromatic N) is 2. The molecule has 0 atom stereocenters. The average Bonchev–Trinajstić information content (AvgIpc) is 2.68. The third-order valence-corrected chi connectivity index (χ3v) is 4.17. The molecule has 0 aliphatic rings. The maximum absolute atomic E-state index is 12.5. The first kappa shape index (κ1) is 19.6. The molecular formula is C20H18ClN3O4. The van der Waals surface area contributed by atoms with Gasteiger partial charge in [-0.1, -0.05) is 42.8 Å². The van der Waals surface area contributed by atoms with E-state index in [1.165, 1.54) is 4.68 Å². The van der Waals surface area contributed by atoms with Crippen molar-refractivity contribution in [3.8, 4) is 0 Å². The monoisotopic (exact) mass is 399 g/mol. The van der Waals surface area contributed by atoms with Gasteiger partial charge < -0.3 is 10.1 Å². The van der Waals surface area contributed by atoms with Crippen LogP contribution >= 0.6 is 11.6 Å². The lowest BCUT2D eigenvalue weighted by Crippen LogP contribution is -2.27. The summed E-state index contributed by atoms with van der Waals surface area (Å²) in [6, 6.07) is 13.3. The fourth-order valence-corrected chi connectivity index (χ4v) is 2.90. The molecule has 7 nitrogen and oxygen atoms in total. The summed E-state index contributed by atoms with van der Waals surface area (Å²) in [5, 5.41) is 7.98. The Bertz CT molecular complexity index is 1090. The van der Waals surface area contributed by atoms with E-state index in [4.69, 9.17) is 16.3 Å². The number of fused-ring (bicyclic) bond motifs is 1. The second kappa shape index (κ2) is 8.67. The summed E-state index contributed by atoms with van der Waals surface area (Å²) in [4.78, 5) is 37.0. The van der Waals surface area contributed by atoms with Crippen molar-refractivity contribution in [2.24, 2.45) is 0 Å². The number of nitrogens with one attached hydrogen (secondary N) is 1. The highest BCUT2D eigenvalue weighted by atomic mass is 35.5. The van der Waals surface area contributed by atoms with Crippen LogP contribution in [0, 0.1) is 0 Å². The van der Waals surface area contributed by atoms with E-state index in [9.17, 15) is 14.4 Å². The van der Waals surface area contributed by atoms with E-state index in [-0.39, 0.29) is 11.3 Å². The van der Waals surface area contributed by atoms with Crippen LogP contribution in [0.25, 0.3) is 10.8 Å². The Hall–Kier alpha value is -3.19. The number of aromatic nitrogens is 2. The number of anilines is 1. The number of aryl methyl sites for hydroxylation is 1. The van der Waals surface area contributed by atoms with Crippen molar-refractivity contribution in [2.45, 2.75) is 19.9 Å². The van der Waals surface area contributed by atoms with E-state index in [2.05, 4.69) is 10.4 Å². The molecule has 1 heterocycles. The van der Waals surface area contributed by atoms with Gasteiger partial charge in [-0.2, -0.15) is 5.10 Å². The molecule has 0 spiro atoms. The number of hydrogen-bond donors (Lipinski definition) is 1. The molecule has 3 rings (SSSR count). The molecule has 0 aliphatic heterocycles. The van der Waals surface area contributed by atoms with Crippen LogP contribution in [-0.4, -0.2) is 28.3 Å². The zero-order valence-electron chi connectivity index (χ0n) is 15.1. The van der Waals surface area contributed by atoms with Crippen molar-refractivity contribution >= 4 is 39.9 Å². The van der Waals surface area contributed by atoms with Gasteiger partial charge in [0.05, 0.1) is 5.39 Å². The van der Waals surface area contributed by atoms with E-state index in [1.54, 1.807) is 48.5 Å². The number of hydrogen-bond acceptors (Lipinski definition) is 5. The molecule has 3 aromatic rings. The summed E-state index contributed by atoms with van der Waals surface area (Å²) in [5.74, 6) is -1.29. The highest BCUT2D eigenvalue weighted by Crippen LogP contribution is 2.16. The fourth-order valence-electron chi connectivity index (χ4n) is 2.71. The SMILES string of the molecule is CCCn1nc(C(=O)OCC(=O)Nc2cccc(Cl)c2)c2ccccc2c1=O. The minimum Gasteiger partial charge on any atom is -0.451 e. The number of amides is 1. The molecule has 1 N–H and O–H groups in total. The zero-order chi connectivity index (χ0) is 20.1. The summed E-state index contributed by atoms with van der Waals surface area (Å²) in [7, 11) is 0. The van der Waals surface area contributed by atoms with Crippen LogP contribution in [0.3, 0.4) is 0 Å². The first-order chi connectivity index (χ1) is 13.5. The van der Waals surface area contributed by atoms with Crippen molar-refractivity contribution < 1.29 is 14.3 Å². The number of rotatable bonds is 6. The Morgan fingerprint density at radius 1 is 1.14 bits per heavy atom. The summed E-state index contributed by atoms with van der Waals surface area (Å²) in [6.07, 6.45) is 0.682. The first-order valence-electron chi connectivity index (χ1n) is 8.72. The zero-order valence-corrected chi connectivity index (χ0v) is 15.9. The van der Waals surface area contributed by atoms with E-state index in [0.29, 0.717) is 34.4 Å². The van der Waals surface area contributed by atoms with Crippen LogP contribution in [0.1, 0.15) is 23.8 Å². The average molecular weight is 400 g/mol. The molecule has 28 heavy (non-hydrogen) atoms. The van der Waals surface area contributed by atoms with Crippen LogP contribution in [0.2, 0.25) is 5.02 Å². The summed E-state index contributed by atoms with van der Waals surface area (Å²) < 4.78 is 6.35. The molecule has 2 aromatic carbocycles. The number of esters is 1. The first-order valence-corrected chi connectivity index (χ1v) is 9.09. The molecule has 0 radical (unpaired) electrons. The largest absolute Gasteiger partial charge is 0.451 e. The molecule has 0 aliphatic carbocycles. The van der Waals surface area contributed by atoms with Crippen LogP contribution in [-0.2, 0) is 16.1 Å².